The molecule has 1 aliphatic heterocycles. The van der Waals surface area contributed by atoms with Gasteiger partial charge in [0.25, 0.3) is 0 Å². The molecule has 0 N–H and O–H groups in total. The molecule has 1 fully saturated rings. The van der Waals surface area contributed by atoms with E-state index in [1.165, 1.54) is 12.1 Å². The smallest absolute Gasteiger partial charge is 0.123 e. The Bertz CT molecular complexity index is 882. The number of piperazine rings is 1. The molecule has 0 bridgehead atoms. The van der Waals surface area contributed by atoms with Gasteiger partial charge in [-0.1, -0.05) is 11.6 Å². The fraction of sp³-hybridized carbons (Fsp3) is 0.316. The summed E-state index contributed by atoms with van der Waals surface area (Å²) in [6.07, 6.45) is 0. The highest BCUT2D eigenvalue weighted by Crippen LogP contribution is 2.21. The Morgan fingerprint density at radius 2 is 1.76 bits per heavy atom. The van der Waals surface area contributed by atoms with Crippen molar-refractivity contribution in [3.63, 3.8) is 0 Å². The molecular formula is C19H20ClFN4. The third-order valence-electron chi connectivity index (χ3n) is 4.86. The molecule has 0 unspecified atom stereocenters. The fourth-order valence-corrected chi connectivity index (χ4v) is 3.55. The highest BCUT2D eigenvalue weighted by molar-refractivity contribution is 6.31. The van der Waals surface area contributed by atoms with Crippen molar-refractivity contribution in [3.05, 3.63) is 59.1 Å². The van der Waals surface area contributed by atoms with Gasteiger partial charge in [0.2, 0.25) is 0 Å². The van der Waals surface area contributed by atoms with Crippen molar-refractivity contribution in [2.45, 2.75) is 6.54 Å². The molecule has 0 aliphatic carbocycles. The number of fused-ring (bicyclic) bond motifs is 1. The number of hydrogen-bond donors (Lipinski definition) is 0. The largest absolute Gasteiger partial charge is 0.369 e. The lowest BCUT2D eigenvalue weighted by Crippen LogP contribution is -2.46. The molecule has 3 aromatic rings. The van der Waals surface area contributed by atoms with Crippen LogP contribution < -0.4 is 4.90 Å². The van der Waals surface area contributed by atoms with E-state index >= 15 is 0 Å². The van der Waals surface area contributed by atoms with Gasteiger partial charge in [0.15, 0.2) is 0 Å². The number of aryl methyl sites for hydroxylation is 1. The normalized spacial score (nSPS) is 15.9. The van der Waals surface area contributed by atoms with Crippen LogP contribution in [0.15, 0.2) is 42.5 Å². The van der Waals surface area contributed by atoms with Crippen LogP contribution in [-0.4, -0.2) is 40.6 Å². The molecular weight excluding hydrogens is 339 g/mol. The molecule has 0 saturated carbocycles. The first-order valence-corrected chi connectivity index (χ1v) is 8.82. The van der Waals surface area contributed by atoms with Crippen LogP contribution in [0.3, 0.4) is 0 Å². The number of imidazole rings is 1. The van der Waals surface area contributed by atoms with Crippen LogP contribution in [0, 0.1) is 5.82 Å². The molecule has 6 heteroatoms. The van der Waals surface area contributed by atoms with Crippen LogP contribution in [0.5, 0.6) is 0 Å². The molecule has 130 valence electrons. The predicted octanol–water partition coefficient (Wildman–Crippen LogP) is 3.69. The van der Waals surface area contributed by atoms with Crippen molar-refractivity contribution in [1.29, 1.82) is 0 Å². The van der Waals surface area contributed by atoms with E-state index in [1.807, 2.05) is 37.4 Å². The Morgan fingerprint density at radius 3 is 2.48 bits per heavy atom. The van der Waals surface area contributed by atoms with Gasteiger partial charge in [-0.25, -0.2) is 9.37 Å². The third-order valence-corrected chi connectivity index (χ3v) is 5.10. The van der Waals surface area contributed by atoms with Gasteiger partial charge in [-0.05, 0) is 42.5 Å². The summed E-state index contributed by atoms with van der Waals surface area (Å²) in [4.78, 5) is 9.44. The summed E-state index contributed by atoms with van der Waals surface area (Å²) < 4.78 is 15.2. The average molecular weight is 359 g/mol. The van der Waals surface area contributed by atoms with E-state index in [1.54, 1.807) is 0 Å². The van der Waals surface area contributed by atoms with E-state index < -0.39 is 0 Å². The van der Waals surface area contributed by atoms with Crippen LogP contribution in [0.4, 0.5) is 10.1 Å². The van der Waals surface area contributed by atoms with Crippen molar-refractivity contribution in [1.82, 2.24) is 14.5 Å². The van der Waals surface area contributed by atoms with Crippen LogP contribution in [0.1, 0.15) is 5.82 Å². The van der Waals surface area contributed by atoms with E-state index in [0.29, 0.717) is 5.02 Å². The Balaban J connectivity index is 1.43. The van der Waals surface area contributed by atoms with Gasteiger partial charge in [-0.2, -0.15) is 0 Å². The summed E-state index contributed by atoms with van der Waals surface area (Å²) in [5, 5.41) is 0.713. The minimum Gasteiger partial charge on any atom is -0.369 e. The van der Waals surface area contributed by atoms with E-state index in [9.17, 15) is 4.39 Å². The zero-order chi connectivity index (χ0) is 17.4. The summed E-state index contributed by atoms with van der Waals surface area (Å²) in [7, 11) is 2.05. The second-order valence-corrected chi connectivity index (χ2v) is 6.90. The quantitative estimate of drug-likeness (QED) is 0.713. The van der Waals surface area contributed by atoms with Crippen molar-refractivity contribution in [3.8, 4) is 0 Å². The summed E-state index contributed by atoms with van der Waals surface area (Å²) in [5.41, 5.74) is 3.12. The zero-order valence-corrected chi connectivity index (χ0v) is 14.9. The minimum absolute atomic E-state index is 0.190. The zero-order valence-electron chi connectivity index (χ0n) is 14.1. The van der Waals surface area contributed by atoms with Gasteiger partial charge in [0.05, 0.1) is 17.6 Å². The lowest BCUT2D eigenvalue weighted by molar-refractivity contribution is 0.242. The SMILES string of the molecule is Cn1c(CN2CCN(c3ccc(F)cc3)CC2)nc2cc(Cl)ccc21. The Morgan fingerprint density at radius 1 is 1.04 bits per heavy atom. The van der Waals surface area contributed by atoms with E-state index in [2.05, 4.69) is 14.4 Å². The predicted molar refractivity (Wildman–Crippen MR) is 99.6 cm³/mol. The van der Waals surface area contributed by atoms with Gasteiger partial charge in [0.1, 0.15) is 11.6 Å². The molecule has 0 atom stereocenters. The monoisotopic (exact) mass is 358 g/mol. The topological polar surface area (TPSA) is 24.3 Å². The molecule has 0 radical (unpaired) electrons. The highest BCUT2D eigenvalue weighted by Gasteiger charge is 2.19. The molecule has 25 heavy (non-hydrogen) atoms. The number of nitrogens with zero attached hydrogens (tertiary/aromatic N) is 4. The number of anilines is 1. The number of aromatic nitrogens is 2. The second kappa shape index (κ2) is 6.65. The van der Waals surface area contributed by atoms with E-state index in [0.717, 1.165) is 55.3 Å². The first kappa shape index (κ1) is 16.4. The first-order valence-electron chi connectivity index (χ1n) is 8.44. The molecule has 2 heterocycles. The van der Waals surface area contributed by atoms with E-state index in [-0.39, 0.29) is 5.82 Å². The van der Waals surface area contributed by atoms with Gasteiger partial charge in [-0.15, -0.1) is 0 Å². The number of rotatable bonds is 3. The number of benzene rings is 2. The Hall–Kier alpha value is -2.11. The summed E-state index contributed by atoms with van der Waals surface area (Å²) >= 11 is 6.07. The van der Waals surface area contributed by atoms with Gasteiger partial charge in [0, 0.05) is 43.9 Å². The van der Waals surface area contributed by atoms with Crippen molar-refractivity contribution < 1.29 is 4.39 Å². The van der Waals surface area contributed by atoms with Crippen LogP contribution in [0.2, 0.25) is 5.02 Å². The Labute approximate surface area is 151 Å². The molecule has 1 aromatic heterocycles. The second-order valence-electron chi connectivity index (χ2n) is 6.46. The molecule has 4 rings (SSSR count). The highest BCUT2D eigenvalue weighted by atomic mass is 35.5. The lowest BCUT2D eigenvalue weighted by Gasteiger charge is -2.35. The van der Waals surface area contributed by atoms with E-state index in [4.69, 9.17) is 16.6 Å². The average Bonchev–Trinajstić information content (AvgIpc) is 2.91. The summed E-state index contributed by atoms with van der Waals surface area (Å²) in [5.74, 6) is 0.858. The molecule has 0 spiro atoms. The standard InChI is InChI=1S/C19H20ClFN4/c1-23-18-7-2-14(20)12-17(18)22-19(23)13-24-8-10-25(11-9-24)16-5-3-15(21)4-6-16/h2-7,12H,8-11,13H2,1H3. The molecule has 1 aliphatic rings. The Kier molecular flexibility index (Phi) is 4.36. The maximum absolute atomic E-state index is 13.1. The summed E-state index contributed by atoms with van der Waals surface area (Å²) in [6.45, 7) is 4.60. The van der Waals surface area contributed by atoms with Crippen LogP contribution in [-0.2, 0) is 13.6 Å². The molecule has 1 saturated heterocycles. The molecule has 4 nitrogen and oxygen atoms in total. The maximum atomic E-state index is 13.1. The van der Waals surface area contributed by atoms with Crippen molar-refractivity contribution in [2.75, 3.05) is 31.1 Å². The fourth-order valence-electron chi connectivity index (χ4n) is 3.38. The maximum Gasteiger partial charge on any atom is 0.123 e. The van der Waals surface area contributed by atoms with Gasteiger partial charge >= 0.3 is 0 Å². The molecule has 0 amide bonds. The van der Waals surface area contributed by atoms with Crippen LogP contribution >= 0.6 is 11.6 Å². The van der Waals surface area contributed by atoms with Gasteiger partial charge in [-0.3, -0.25) is 4.90 Å². The van der Waals surface area contributed by atoms with Crippen molar-refractivity contribution >= 4 is 28.3 Å². The first-order chi connectivity index (χ1) is 12.1. The van der Waals surface area contributed by atoms with Crippen molar-refractivity contribution in [2.24, 2.45) is 7.05 Å². The number of hydrogen-bond acceptors (Lipinski definition) is 3. The lowest BCUT2D eigenvalue weighted by atomic mass is 10.2. The molecule has 2 aromatic carbocycles. The summed E-state index contributed by atoms with van der Waals surface area (Å²) in [6, 6.07) is 12.6. The van der Waals surface area contributed by atoms with Crippen LogP contribution in [0.25, 0.3) is 11.0 Å². The van der Waals surface area contributed by atoms with Gasteiger partial charge < -0.3 is 9.47 Å². The minimum atomic E-state index is -0.190. The number of halogens is 2. The third kappa shape index (κ3) is 3.34.